The SMILES string of the molecule is O=C1C(c2ccccc2)=CC(=O)C2(c3ccccc3)C1CC1C(=CCC3C(=O)N(c4ccc(Br)cc4)C(=O)C31)C2c1ccccc1O. The van der Waals surface area contributed by atoms with Gasteiger partial charge in [-0.15, -0.1) is 0 Å². The van der Waals surface area contributed by atoms with Crippen LogP contribution in [-0.4, -0.2) is 28.5 Å². The van der Waals surface area contributed by atoms with Crippen LogP contribution in [0.4, 0.5) is 5.69 Å². The van der Waals surface area contributed by atoms with Crippen LogP contribution in [0.25, 0.3) is 5.57 Å². The number of anilines is 1. The Balaban J connectivity index is 1.36. The van der Waals surface area contributed by atoms with Gasteiger partial charge in [-0.05, 0) is 66.3 Å². The zero-order chi connectivity index (χ0) is 32.4. The van der Waals surface area contributed by atoms with Crippen molar-refractivity contribution in [2.45, 2.75) is 24.2 Å². The molecule has 1 saturated carbocycles. The summed E-state index contributed by atoms with van der Waals surface area (Å²) in [6, 6.07) is 32.6. The quantitative estimate of drug-likeness (QED) is 0.182. The number of ketones is 2. The van der Waals surface area contributed by atoms with Gasteiger partial charge in [-0.25, -0.2) is 0 Å². The summed E-state index contributed by atoms with van der Waals surface area (Å²) in [4.78, 5) is 59.5. The van der Waals surface area contributed by atoms with E-state index in [2.05, 4.69) is 15.9 Å². The Kier molecular flexibility index (Phi) is 6.99. The highest BCUT2D eigenvalue weighted by Crippen LogP contribution is 2.64. The number of Topliss-reactive ketones (excluding diaryl/α,β-unsaturated/α-hetero) is 1. The molecule has 3 aliphatic carbocycles. The van der Waals surface area contributed by atoms with Crippen LogP contribution in [0, 0.1) is 23.7 Å². The van der Waals surface area contributed by atoms with E-state index in [-0.39, 0.29) is 35.6 Å². The predicted octanol–water partition coefficient (Wildman–Crippen LogP) is 7.18. The lowest BCUT2D eigenvalue weighted by atomic mass is 9.44. The van der Waals surface area contributed by atoms with Crippen molar-refractivity contribution in [2.24, 2.45) is 23.7 Å². The number of aromatic hydroxyl groups is 1. The van der Waals surface area contributed by atoms with Crippen molar-refractivity contribution in [2.75, 3.05) is 4.90 Å². The number of rotatable bonds is 4. The van der Waals surface area contributed by atoms with Gasteiger partial charge in [-0.2, -0.15) is 0 Å². The van der Waals surface area contributed by atoms with Gasteiger partial charge in [0.25, 0.3) is 0 Å². The number of phenols is 1. The van der Waals surface area contributed by atoms with Crippen LogP contribution in [0.2, 0.25) is 0 Å². The van der Waals surface area contributed by atoms with Crippen LogP contribution in [0.15, 0.2) is 131 Å². The van der Waals surface area contributed by atoms with Gasteiger partial charge in [0, 0.05) is 27.4 Å². The molecule has 4 aliphatic rings. The number of carbonyl (C=O) groups excluding carboxylic acids is 4. The van der Waals surface area contributed by atoms with Crippen LogP contribution in [0.1, 0.15) is 35.4 Å². The van der Waals surface area contributed by atoms with Crippen molar-refractivity contribution >= 4 is 50.6 Å². The third kappa shape index (κ3) is 4.29. The molecule has 4 aromatic carbocycles. The number of amides is 2. The number of hydrogen-bond donors (Lipinski definition) is 1. The first-order valence-corrected chi connectivity index (χ1v) is 16.6. The molecule has 6 unspecified atom stereocenters. The summed E-state index contributed by atoms with van der Waals surface area (Å²) in [7, 11) is 0. The smallest absolute Gasteiger partial charge is 0.238 e. The molecule has 2 amide bonds. The van der Waals surface area contributed by atoms with Gasteiger partial charge >= 0.3 is 0 Å². The summed E-state index contributed by atoms with van der Waals surface area (Å²) in [5.74, 6) is -4.33. The van der Waals surface area contributed by atoms with Gasteiger partial charge in [0.2, 0.25) is 11.8 Å². The fraction of sp³-hybridized carbons (Fsp3) is 0.200. The Bertz CT molecular complexity index is 2020. The highest BCUT2D eigenvalue weighted by atomic mass is 79.9. The highest BCUT2D eigenvalue weighted by molar-refractivity contribution is 9.10. The number of benzene rings is 4. The van der Waals surface area contributed by atoms with Crippen molar-refractivity contribution in [3.05, 3.63) is 148 Å². The number of fused-ring (bicyclic) bond motifs is 4. The number of para-hydroxylation sites is 1. The monoisotopic (exact) mass is 683 g/mol. The van der Waals surface area contributed by atoms with Crippen LogP contribution in [0.3, 0.4) is 0 Å². The molecule has 6 nitrogen and oxygen atoms in total. The molecule has 0 aromatic heterocycles. The molecule has 2 fully saturated rings. The number of carbonyl (C=O) groups is 4. The first-order valence-electron chi connectivity index (χ1n) is 15.8. The molecule has 7 heteroatoms. The molecule has 1 heterocycles. The molecule has 1 N–H and O–H groups in total. The topological polar surface area (TPSA) is 91.8 Å². The summed E-state index contributed by atoms with van der Waals surface area (Å²) < 4.78 is 0.833. The first kappa shape index (κ1) is 29.5. The van der Waals surface area contributed by atoms with Crippen molar-refractivity contribution in [1.29, 1.82) is 0 Å². The number of halogens is 1. The van der Waals surface area contributed by atoms with E-state index in [9.17, 15) is 24.3 Å². The first-order chi connectivity index (χ1) is 22.8. The van der Waals surface area contributed by atoms with E-state index < -0.39 is 35.0 Å². The van der Waals surface area contributed by atoms with Crippen molar-refractivity contribution < 1.29 is 24.3 Å². The molecule has 47 heavy (non-hydrogen) atoms. The van der Waals surface area contributed by atoms with Gasteiger partial charge in [0.05, 0.1) is 22.9 Å². The second-order valence-corrected chi connectivity index (χ2v) is 13.8. The highest BCUT2D eigenvalue weighted by Gasteiger charge is 2.66. The molecule has 0 radical (unpaired) electrons. The average molecular weight is 685 g/mol. The minimum Gasteiger partial charge on any atom is -0.508 e. The van der Waals surface area contributed by atoms with Crippen LogP contribution >= 0.6 is 15.9 Å². The lowest BCUT2D eigenvalue weighted by Crippen LogP contribution is -2.58. The molecule has 1 aliphatic heterocycles. The second kappa shape index (κ2) is 11.1. The maximum absolute atomic E-state index is 15.0. The van der Waals surface area contributed by atoms with Gasteiger partial charge < -0.3 is 5.11 Å². The molecular weight excluding hydrogens is 654 g/mol. The molecule has 4 aromatic rings. The molecule has 8 rings (SSSR count). The standard InChI is InChI=1S/C40H30BrNO5/c41-25-15-17-26(18-16-25)42-38(46)29-20-19-27-31(35(29)39(42)47)21-32-37(45)30(23-9-3-1-4-10-23)22-34(44)40(32,24-11-5-2-6-12-24)36(27)28-13-7-8-14-33(28)43/h1-19,22,29,31-32,35-36,43H,20-21H2. The van der Waals surface area contributed by atoms with E-state index in [0.717, 1.165) is 10.0 Å². The van der Waals surface area contributed by atoms with Gasteiger partial charge in [0.1, 0.15) is 5.75 Å². The summed E-state index contributed by atoms with van der Waals surface area (Å²) in [5, 5.41) is 11.4. The fourth-order valence-electron chi connectivity index (χ4n) is 8.80. The number of nitrogens with zero attached hydrogens (tertiary/aromatic N) is 1. The van der Waals surface area contributed by atoms with Crippen molar-refractivity contribution in [1.82, 2.24) is 0 Å². The van der Waals surface area contributed by atoms with E-state index in [1.807, 2.05) is 72.8 Å². The van der Waals surface area contributed by atoms with E-state index in [1.54, 1.807) is 42.5 Å². The van der Waals surface area contributed by atoms with Crippen LogP contribution < -0.4 is 4.90 Å². The predicted molar refractivity (Wildman–Crippen MR) is 181 cm³/mol. The fourth-order valence-corrected chi connectivity index (χ4v) is 9.06. The molecule has 232 valence electrons. The Morgan fingerprint density at radius 1 is 0.745 bits per heavy atom. The second-order valence-electron chi connectivity index (χ2n) is 12.8. The normalized spacial score (nSPS) is 28.3. The molecular formula is C40H30BrNO5. The van der Waals surface area contributed by atoms with E-state index in [1.165, 1.54) is 11.0 Å². The molecule has 0 bridgehead atoms. The maximum Gasteiger partial charge on any atom is 0.238 e. The molecule has 6 atom stereocenters. The minimum atomic E-state index is -1.37. The lowest BCUT2D eigenvalue weighted by molar-refractivity contribution is -0.135. The Labute approximate surface area is 280 Å². The zero-order valence-electron chi connectivity index (χ0n) is 25.3. The molecule has 1 saturated heterocycles. The Morgan fingerprint density at radius 3 is 2.11 bits per heavy atom. The molecule has 0 spiro atoms. The number of allylic oxidation sites excluding steroid dienone is 4. The van der Waals surface area contributed by atoms with E-state index >= 15 is 0 Å². The summed E-state index contributed by atoms with van der Waals surface area (Å²) >= 11 is 3.43. The van der Waals surface area contributed by atoms with E-state index in [0.29, 0.717) is 34.4 Å². The van der Waals surface area contributed by atoms with Crippen molar-refractivity contribution in [3.63, 3.8) is 0 Å². The summed E-state index contributed by atoms with van der Waals surface area (Å²) in [6.07, 6.45) is 4.03. The largest absolute Gasteiger partial charge is 0.508 e. The zero-order valence-corrected chi connectivity index (χ0v) is 26.8. The van der Waals surface area contributed by atoms with Crippen LogP contribution in [0.5, 0.6) is 5.75 Å². The number of hydrogen-bond acceptors (Lipinski definition) is 5. The van der Waals surface area contributed by atoms with Gasteiger partial charge in [0.15, 0.2) is 11.6 Å². The summed E-state index contributed by atoms with van der Waals surface area (Å²) in [5.41, 5.74) is 2.16. The minimum absolute atomic E-state index is 0.0126. The van der Waals surface area contributed by atoms with Crippen molar-refractivity contribution in [3.8, 4) is 5.75 Å². The lowest BCUT2D eigenvalue weighted by Gasteiger charge is -2.55. The number of phenolic OH excluding ortho intramolecular Hbond substituents is 1. The Morgan fingerprint density at radius 2 is 1.40 bits per heavy atom. The Hall–Kier alpha value is -4.88. The number of imide groups is 1. The maximum atomic E-state index is 15.0. The summed E-state index contributed by atoms with van der Waals surface area (Å²) in [6.45, 7) is 0. The van der Waals surface area contributed by atoms with Gasteiger partial charge in [-0.3, -0.25) is 24.1 Å². The average Bonchev–Trinajstić information content (AvgIpc) is 3.36. The van der Waals surface area contributed by atoms with E-state index in [4.69, 9.17) is 0 Å². The third-order valence-corrected chi connectivity index (χ3v) is 11.2. The van der Waals surface area contributed by atoms with Crippen LogP contribution in [-0.2, 0) is 24.6 Å². The third-order valence-electron chi connectivity index (χ3n) is 10.7. The van der Waals surface area contributed by atoms with Gasteiger partial charge in [-0.1, -0.05) is 106 Å².